The third-order valence-electron chi connectivity index (χ3n) is 1.76. The Morgan fingerprint density at radius 1 is 1.62 bits per heavy atom. The Bertz CT molecular complexity index is 152. The Morgan fingerprint density at radius 3 is 2.69 bits per heavy atom. The van der Waals surface area contributed by atoms with Crippen LogP contribution in [0.5, 0.6) is 0 Å². The van der Waals surface area contributed by atoms with E-state index in [1.165, 1.54) is 0 Å². The van der Waals surface area contributed by atoms with Crippen LogP contribution in [-0.4, -0.2) is 50.7 Å². The van der Waals surface area contributed by atoms with Crippen molar-refractivity contribution in [3.8, 4) is 0 Å². The quantitative estimate of drug-likeness (QED) is 0.491. The SMILES string of the molecule is COCCCN(C)CC(N)C(N)=O. The second kappa shape index (κ2) is 6.82. The lowest BCUT2D eigenvalue weighted by molar-refractivity contribution is -0.119. The van der Waals surface area contributed by atoms with Crippen molar-refractivity contribution in [2.24, 2.45) is 11.5 Å². The van der Waals surface area contributed by atoms with E-state index in [0.717, 1.165) is 19.6 Å². The van der Waals surface area contributed by atoms with Crippen LogP contribution in [0.4, 0.5) is 0 Å². The number of methoxy groups -OCH3 is 1. The molecule has 0 fully saturated rings. The Labute approximate surface area is 79.0 Å². The van der Waals surface area contributed by atoms with Gasteiger partial charge in [0.15, 0.2) is 0 Å². The molecule has 0 bridgehead atoms. The van der Waals surface area contributed by atoms with Crippen molar-refractivity contribution in [3.63, 3.8) is 0 Å². The first-order valence-corrected chi connectivity index (χ1v) is 4.30. The third kappa shape index (κ3) is 6.51. The van der Waals surface area contributed by atoms with Gasteiger partial charge in [-0.05, 0) is 13.5 Å². The van der Waals surface area contributed by atoms with Crippen LogP contribution < -0.4 is 11.5 Å². The van der Waals surface area contributed by atoms with E-state index in [-0.39, 0.29) is 0 Å². The van der Waals surface area contributed by atoms with E-state index in [1.807, 2.05) is 11.9 Å². The molecule has 1 unspecified atom stereocenters. The van der Waals surface area contributed by atoms with E-state index in [0.29, 0.717) is 6.54 Å². The average molecular weight is 189 g/mol. The van der Waals surface area contributed by atoms with Crippen LogP contribution in [0.2, 0.25) is 0 Å². The van der Waals surface area contributed by atoms with E-state index in [4.69, 9.17) is 16.2 Å². The van der Waals surface area contributed by atoms with E-state index in [1.54, 1.807) is 7.11 Å². The summed E-state index contributed by atoms with van der Waals surface area (Å²) in [7, 11) is 3.56. The number of nitrogens with two attached hydrogens (primary N) is 2. The summed E-state index contributed by atoms with van der Waals surface area (Å²) >= 11 is 0. The van der Waals surface area contributed by atoms with Crippen LogP contribution in [0.1, 0.15) is 6.42 Å². The summed E-state index contributed by atoms with van der Waals surface area (Å²) in [5, 5.41) is 0. The van der Waals surface area contributed by atoms with Crippen molar-refractivity contribution >= 4 is 5.91 Å². The number of amides is 1. The van der Waals surface area contributed by atoms with Gasteiger partial charge in [0.25, 0.3) is 0 Å². The average Bonchev–Trinajstić information content (AvgIpc) is 2.04. The molecule has 0 aliphatic heterocycles. The Morgan fingerprint density at radius 2 is 2.23 bits per heavy atom. The number of hydrogen-bond donors (Lipinski definition) is 2. The van der Waals surface area contributed by atoms with Crippen LogP contribution in [-0.2, 0) is 9.53 Å². The zero-order chi connectivity index (χ0) is 10.3. The first-order valence-electron chi connectivity index (χ1n) is 4.30. The van der Waals surface area contributed by atoms with Crippen molar-refractivity contribution < 1.29 is 9.53 Å². The van der Waals surface area contributed by atoms with Gasteiger partial charge in [0.1, 0.15) is 0 Å². The van der Waals surface area contributed by atoms with Crippen molar-refractivity contribution in [3.05, 3.63) is 0 Å². The lowest BCUT2D eigenvalue weighted by Crippen LogP contribution is -2.45. The fourth-order valence-corrected chi connectivity index (χ4v) is 0.996. The molecule has 4 N–H and O–H groups in total. The number of likely N-dealkylation sites (N-methyl/N-ethyl adjacent to an activating group) is 1. The molecule has 0 rings (SSSR count). The van der Waals surface area contributed by atoms with Gasteiger partial charge in [-0.3, -0.25) is 4.79 Å². The minimum atomic E-state index is -0.576. The van der Waals surface area contributed by atoms with E-state index in [9.17, 15) is 4.79 Å². The van der Waals surface area contributed by atoms with Gasteiger partial charge in [-0.2, -0.15) is 0 Å². The van der Waals surface area contributed by atoms with Gasteiger partial charge >= 0.3 is 0 Å². The molecule has 0 aromatic rings. The van der Waals surface area contributed by atoms with Gasteiger partial charge < -0.3 is 21.1 Å². The largest absolute Gasteiger partial charge is 0.385 e. The maximum absolute atomic E-state index is 10.6. The highest BCUT2D eigenvalue weighted by Crippen LogP contribution is 1.89. The molecule has 0 saturated heterocycles. The topological polar surface area (TPSA) is 81.6 Å². The summed E-state index contributed by atoms with van der Waals surface area (Å²) in [6.07, 6.45) is 0.929. The lowest BCUT2D eigenvalue weighted by atomic mass is 10.3. The minimum Gasteiger partial charge on any atom is -0.385 e. The smallest absolute Gasteiger partial charge is 0.235 e. The molecule has 13 heavy (non-hydrogen) atoms. The highest BCUT2D eigenvalue weighted by molar-refractivity contribution is 5.79. The number of carbonyl (C=O) groups excluding carboxylic acids is 1. The standard InChI is InChI=1S/C8H19N3O2/c1-11(4-3-5-13-2)6-7(9)8(10)12/h7H,3-6,9H2,1-2H3,(H2,10,12). The number of rotatable bonds is 7. The number of primary amides is 1. The number of nitrogens with zero attached hydrogens (tertiary/aromatic N) is 1. The third-order valence-corrected chi connectivity index (χ3v) is 1.76. The molecule has 0 aromatic carbocycles. The van der Waals surface area contributed by atoms with Gasteiger partial charge in [0.2, 0.25) is 5.91 Å². The second-order valence-corrected chi connectivity index (χ2v) is 3.12. The van der Waals surface area contributed by atoms with E-state index >= 15 is 0 Å². The summed E-state index contributed by atoms with van der Waals surface area (Å²) in [4.78, 5) is 12.6. The first kappa shape index (κ1) is 12.3. The molecule has 5 nitrogen and oxygen atoms in total. The van der Waals surface area contributed by atoms with Crippen LogP contribution in [0.25, 0.3) is 0 Å². The predicted molar refractivity (Wildman–Crippen MR) is 51.2 cm³/mol. The fourth-order valence-electron chi connectivity index (χ4n) is 0.996. The maximum atomic E-state index is 10.6. The monoisotopic (exact) mass is 189 g/mol. The summed E-state index contributed by atoms with van der Waals surface area (Å²) < 4.78 is 4.90. The summed E-state index contributed by atoms with van der Waals surface area (Å²) in [6, 6.07) is -0.576. The summed E-state index contributed by atoms with van der Waals surface area (Å²) in [6.45, 7) is 2.07. The lowest BCUT2D eigenvalue weighted by Gasteiger charge is -2.18. The molecule has 78 valence electrons. The molecule has 0 aromatic heterocycles. The van der Waals surface area contributed by atoms with Gasteiger partial charge in [-0.15, -0.1) is 0 Å². The normalized spacial score (nSPS) is 13.2. The molecule has 0 heterocycles. The molecule has 5 heteroatoms. The highest BCUT2D eigenvalue weighted by atomic mass is 16.5. The zero-order valence-corrected chi connectivity index (χ0v) is 8.32. The molecule has 1 atom stereocenters. The molecule has 1 amide bonds. The molecule has 0 radical (unpaired) electrons. The van der Waals surface area contributed by atoms with Crippen LogP contribution >= 0.6 is 0 Å². The molecule has 0 aliphatic rings. The van der Waals surface area contributed by atoms with E-state index < -0.39 is 11.9 Å². The van der Waals surface area contributed by atoms with Gasteiger partial charge in [0.05, 0.1) is 6.04 Å². The maximum Gasteiger partial charge on any atom is 0.235 e. The van der Waals surface area contributed by atoms with Crippen LogP contribution in [0.15, 0.2) is 0 Å². The highest BCUT2D eigenvalue weighted by Gasteiger charge is 2.11. The first-order chi connectivity index (χ1) is 6.07. The van der Waals surface area contributed by atoms with Gasteiger partial charge in [-0.25, -0.2) is 0 Å². The molecular formula is C8H19N3O2. The fraction of sp³-hybridized carbons (Fsp3) is 0.875. The van der Waals surface area contributed by atoms with Crippen LogP contribution in [0.3, 0.4) is 0 Å². The van der Waals surface area contributed by atoms with Gasteiger partial charge in [-0.1, -0.05) is 0 Å². The molecule has 0 saturated carbocycles. The van der Waals surface area contributed by atoms with Crippen molar-refractivity contribution in [1.29, 1.82) is 0 Å². The van der Waals surface area contributed by atoms with Gasteiger partial charge in [0, 0.05) is 26.8 Å². The molecule has 0 spiro atoms. The Hall–Kier alpha value is -0.650. The van der Waals surface area contributed by atoms with Crippen molar-refractivity contribution in [2.45, 2.75) is 12.5 Å². The second-order valence-electron chi connectivity index (χ2n) is 3.12. The summed E-state index contributed by atoms with van der Waals surface area (Å²) in [5.41, 5.74) is 10.5. The molecular weight excluding hydrogens is 170 g/mol. The van der Waals surface area contributed by atoms with Crippen molar-refractivity contribution in [1.82, 2.24) is 4.90 Å². The number of hydrogen-bond acceptors (Lipinski definition) is 4. The van der Waals surface area contributed by atoms with E-state index in [2.05, 4.69) is 0 Å². The predicted octanol–water partition coefficient (Wildman–Crippen LogP) is -1.23. The molecule has 0 aliphatic carbocycles. The van der Waals surface area contributed by atoms with Crippen molar-refractivity contribution in [2.75, 3.05) is 33.9 Å². The Kier molecular flexibility index (Phi) is 6.48. The summed E-state index contributed by atoms with van der Waals surface area (Å²) in [5.74, 6) is -0.460. The zero-order valence-electron chi connectivity index (χ0n) is 8.32. The van der Waals surface area contributed by atoms with Crippen LogP contribution in [0, 0.1) is 0 Å². The Balaban J connectivity index is 3.49. The number of carbonyl (C=O) groups is 1. The minimum absolute atomic E-state index is 0.460. The number of ether oxygens (including phenoxy) is 1.